The minimum absolute atomic E-state index is 0.223. The molecule has 7 nitrogen and oxygen atoms in total. The second kappa shape index (κ2) is 10.3. The Hall–Kier alpha value is -3.62. The fraction of sp³-hybridized carbons (Fsp3) is 0.222. The van der Waals surface area contributed by atoms with E-state index in [-0.39, 0.29) is 5.91 Å². The van der Waals surface area contributed by atoms with Crippen molar-refractivity contribution >= 4 is 28.9 Å². The number of aliphatic imine (C=N–C) groups is 1. The zero-order valence-corrected chi connectivity index (χ0v) is 20.3. The Balaban J connectivity index is 1.51. The molecule has 0 bridgehead atoms. The number of para-hydroxylation sites is 1. The van der Waals surface area contributed by atoms with Gasteiger partial charge in [-0.1, -0.05) is 30.9 Å². The Morgan fingerprint density at radius 1 is 1.17 bits per heavy atom. The molecule has 1 saturated heterocycles. The lowest BCUT2D eigenvalue weighted by Gasteiger charge is -2.27. The molecular formula is C27H26N4O3S. The van der Waals surface area contributed by atoms with Crippen LogP contribution in [0, 0.1) is 6.92 Å². The van der Waals surface area contributed by atoms with Gasteiger partial charge in [-0.05, 0) is 60.7 Å². The number of aryl methyl sites for hydroxylation is 1. The highest BCUT2D eigenvalue weighted by Gasteiger charge is 2.28. The van der Waals surface area contributed by atoms with Gasteiger partial charge < -0.3 is 14.4 Å². The molecule has 8 heteroatoms. The number of morpholine rings is 1. The van der Waals surface area contributed by atoms with Gasteiger partial charge in [-0.25, -0.2) is 4.68 Å². The number of benzene rings is 2. The lowest BCUT2D eigenvalue weighted by Crippen LogP contribution is -2.38. The average Bonchev–Trinajstić information content (AvgIpc) is 3.48. The second-order valence-corrected chi connectivity index (χ2v) is 9.21. The standard InChI is InChI=1S/C27H26N4O3S/c1-3-13-34-23-10-9-20(16-19(23)2)25-21(18-31(29-25)22-7-5-4-6-8-22)17-24-26(32)28-27(35-24)30-11-14-33-15-12-30/h3-10,16-18H,1,11-15H2,2H3/b24-17-. The van der Waals surface area contributed by atoms with E-state index in [2.05, 4.69) is 22.5 Å². The lowest BCUT2D eigenvalue weighted by atomic mass is 10.0. The van der Waals surface area contributed by atoms with E-state index in [1.807, 2.05) is 66.3 Å². The maximum absolute atomic E-state index is 12.8. The Morgan fingerprint density at radius 2 is 1.97 bits per heavy atom. The number of amides is 1. The molecule has 178 valence electrons. The monoisotopic (exact) mass is 486 g/mol. The first-order valence-electron chi connectivity index (χ1n) is 11.5. The van der Waals surface area contributed by atoms with Crippen molar-refractivity contribution in [2.45, 2.75) is 6.92 Å². The zero-order valence-electron chi connectivity index (χ0n) is 19.5. The zero-order chi connectivity index (χ0) is 24.2. The fourth-order valence-electron chi connectivity index (χ4n) is 3.97. The highest BCUT2D eigenvalue weighted by Crippen LogP contribution is 2.34. The third-order valence-electron chi connectivity index (χ3n) is 5.75. The third kappa shape index (κ3) is 5.08. The van der Waals surface area contributed by atoms with E-state index in [1.165, 1.54) is 11.8 Å². The van der Waals surface area contributed by atoms with Crippen LogP contribution in [-0.4, -0.2) is 58.7 Å². The minimum atomic E-state index is -0.223. The van der Waals surface area contributed by atoms with E-state index >= 15 is 0 Å². The van der Waals surface area contributed by atoms with Gasteiger partial charge in [-0.15, -0.1) is 0 Å². The first-order chi connectivity index (χ1) is 17.1. The molecule has 2 aliphatic rings. The van der Waals surface area contributed by atoms with Gasteiger partial charge >= 0.3 is 0 Å². The quantitative estimate of drug-likeness (QED) is 0.371. The number of ether oxygens (including phenoxy) is 2. The molecule has 0 aliphatic carbocycles. The molecular weight excluding hydrogens is 460 g/mol. The van der Waals surface area contributed by atoms with Crippen molar-refractivity contribution in [2.24, 2.45) is 4.99 Å². The molecule has 0 N–H and O–H groups in total. The number of carbonyl (C=O) groups is 1. The summed E-state index contributed by atoms with van der Waals surface area (Å²) in [7, 11) is 0. The molecule has 3 heterocycles. The highest BCUT2D eigenvalue weighted by atomic mass is 32.2. The molecule has 35 heavy (non-hydrogen) atoms. The summed E-state index contributed by atoms with van der Waals surface area (Å²) in [4.78, 5) is 19.8. The van der Waals surface area contributed by atoms with Gasteiger partial charge in [-0.2, -0.15) is 10.1 Å². The SMILES string of the molecule is C=CCOc1ccc(-c2nn(-c3ccccc3)cc2/C=C2\SC(N3CCOCC3)=NC2=O)cc1C. The van der Waals surface area contributed by atoms with Crippen LogP contribution in [0.3, 0.4) is 0 Å². The van der Waals surface area contributed by atoms with Gasteiger partial charge in [0.1, 0.15) is 18.1 Å². The van der Waals surface area contributed by atoms with Gasteiger partial charge in [0, 0.05) is 30.4 Å². The molecule has 2 aromatic carbocycles. The van der Waals surface area contributed by atoms with Crippen molar-refractivity contribution in [3.05, 3.63) is 83.4 Å². The molecule has 2 aliphatic heterocycles. The van der Waals surface area contributed by atoms with Gasteiger partial charge in [0.25, 0.3) is 5.91 Å². The van der Waals surface area contributed by atoms with Crippen molar-refractivity contribution < 1.29 is 14.3 Å². The van der Waals surface area contributed by atoms with E-state index in [9.17, 15) is 4.79 Å². The van der Waals surface area contributed by atoms with Crippen LogP contribution in [0.4, 0.5) is 0 Å². The van der Waals surface area contributed by atoms with Crippen molar-refractivity contribution in [2.75, 3.05) is 32.9 Å². The van der Waals surface area contributed by atoms with Gasteiger partial charge in [-0.3, -0.25) is 4.79 Å². The molecule has 3 aromatic rings. The van der Waals surface area contributed by atoms with Crippen LogP contribution in [0.15, 0.2) is 77.3 Å². The number of nitrogens with zero attached hydrogens (tertiary/aromatic N) is 4. The predicted octanol–water partition coefficient (Wildman–Crippen LogP) is 4.72. The summed E-state index contributed by atoms with van der Waals surface area (Å²) < 4.78 is 13.0. The van der Waals surface area contributed by atoms with Crippen LogP contribution in [-0.2, 0) is 9.53 Å². The normalized spacial score (nSPS) is 17.1. The van der Waals surface area contributed by atoms with Crippen molar-refractivity contribution in [1.82, 2.24) is 14.7 Å². The molecule has 1 aromatic heterocycles. The number of aromatic nitrogens is 2. The fourth-order valence-corrected chi connectivity index (χ4v) is 4.92. The number of hydrogen-bond acceptors (Lipinski definition) is 6. The van der Waals surface area contributed by atoms with Crippen molar-refractivity contribution in [3.8, 4) is 22.7 Å². The van der Waals surface area contributed by atoms with E-state index in [0.29, 0.717) is 24.7 Å². The summed E-state index contributed by atoms with van der Waals surface area (Å²) >= 11 is 1.41. The van der Waals surface area contributed by atoms with Crippen LogP contribution < -0.4 is 4.74 Å². The van der Waals surface area contributed by atoms with Gasteiger partial charge in [0.2, 0.25) is 0 Å². The van der Waals surface area contributed by atoms with E-state index in [0.717, 1.165) is 52.1 Å². The van der Waals surface area contributed by atoms with E-state index < -0.39 is 0 Å². The smallest absolute Gasteiger partial charge is 0.286 e. The van der Waals surface area contributed by atoms with E-state index in [1.54, 1.807) is 6.08 Å². The van der Waals surface area contributed by atoms with Crippen molar-refractivity contribution in [1.29, 1.82) is 0 Å². The summed E-state index contributed by atoms with van der Waals surface area (Å²) in [5, 5.41) is 5.63. The Kier molecular flexibility index (Phi) is 6.83. The number of thioether (sulfide) groups is 1. The Morgan fingerprint density at radius 3 is 2.71 bits per heavy atom. The molecule has 1 fully saturated rings. The third-order valence-corrected chi connectivity index (χ3v) is 6.79. The summed E-state index contributed by atoms with van der Waals surface area (Å²) in [6, 6.07) is 15.9. The topological polar surface area (TPSA) is 68.9 Å². The predicted molar refractivity (Wildman–Crippen MR) is 140 cm³/mol. The molecule has 0 unspecified atom stereocenters. The van der Waals surface area contributed by atoms with E-state index in [4.69, 9.17) is 14.6 Å². The number of amidine groups is 1. The van der Waals surface area contributed by atoms with Crippen molar-refractivity contribution in [3.63, 3.8) is 0 Å². The summed E-state index contributed by atoms with van der Waals surface area (Å²) in [6.45, 7) is 8.94. The van der Waals surface area contributed by atoms with Gasteiger partial charge in [0.05, 0.1) is 23.8 Å². The molecule has 1 amide bonds. The maximum Gasteiger partial charge on any atom is 0.286 e. The molecule has 0 radical (unpaired) electrons. The number of carbonyl (C=O) groups excluding carboxylic acids is 1. The average molecular weight is 487 g/mol. The van der Waals surface area contributed by atoms with Gasteiger partial charge in [0.15, 0.2) is 5.17 Å². The lowest BCUT2D eigenvalue weighted by molar-refractivity contribution is -0.113. The highest BCUT2D eigenvalue weighted by molar-refractivity contribution is 8.18. The minimum Gasteiger partial charge on any atom is -0.489 e. The van der Waals surface area contributed by atoms with Crippen LogP contribution in [0.25, 0.3) is 23.0 Å². The first-order valence-corrected chi connectivity index (χ1v) is 12.3. The molecule has 0 atom stereocenters. The van der Waals surface area contributed by atoms with Crippen LogP contribution in [0.5, 0.6) is 5.75 Å². The number of hydrogen-bond donors (Lipinski definition) is 0. The summed E-state index contributed by atoms with van der Waals surface area (Å²) in [6.07, 6.45) is 5.57. The summed E-state index contributed by atoms with van der Waals surface area (Å²) in [5.74, 6) is 0.584. The summed E-state index contributed by atoms with van der Waals surface area (Å²) in [5.41, 5.74) is 4.52. The molecule has 0 spiro atoms. The Labute approximate surface area is 208 Å². The molecule has 5 rings (SSSR count). The largest absolute Gasteiger partial charge is 0.489 e. The Bertz CT molecular complexity index is 1310. The van der Waals surface area contributed by atoms with Crippen LogP contribution >= 0.6 is 11.8 Å². The van der Waals surface area contributed by atoms with Crippen LogP contribution in [0.1, 0.15) is 11.1 Å². The molecule has 0 saturated carbocycles. The maximum atomic E-state index is 12.8. The van der Waals surface area contributed by atoms with Crippen LogP contribution in [0.2, 0.25) is 0 Å². The second-order valence-electron chi connectivity index (χ2n) is 8.20. The first kappa shape index (κ1) is 23.1. The number of rotatable bonds is 6.